The minimum atomic E-state index is -0.0482. The molecule has 31 heavy (non-hydrogen) atoms. The molecule has 0 atom stereocenters. The molecule has 0 aliphatic heterocycles. The number of phenols is 1. The number of aliphatic hydroxyl groups is 1. The van der Waals surface area contributed by atoms with Crippen molar-refractivity contribution < 1.29 is 10.2 Å². The van der Waals surface area contributed by atoms with Gasteiger partial charge < -0.3 is 20.5 Å². The summed E-state index contributed by atoms with van der Waals surface area (Å²) in [5, 5.41) is 22.8. The third-order valence-electron chi connectivity index (χ3n) is 4.37. The third-order valence-corrected chi connectivity index (χ3v) is 5.20. The van der Waals surface area contributed by atoms with E-state index in [0.29, 0.717) is 46.0 Å². The summed E-state index contributed by atoms with van der Waals surface area (Å²) in [6.07, 6.45) is 1.60. The van der Waals surface area contributed by atoms with Gasteiger partial charge in [-0.3, -0.25) is 0 Å². The zero-order valence-electron chi connectivity index (χ0n) is 15.9. The number of halogens is 3. The van der Waals surface area contributed by atoms with E-state index in [1.807, 2.05) is 12.1 Å². The fourth-order valence-electron chi connectivity index (χ4n) is 3.06. The van der Waals surface area contributed by atoms with Gasteiger partial charge in [-0.05, 0) is 30.3 Å². The van der Waals surface area contributed by atoms with E-state index >= 15 is 0 Å². The van der Waals surface area contributed by atoms with E-state index in [-0.39, 0.29) is 22.4 Å². The highest BCUT2D eigenvalue weighted by molar-refractivity contribution is 6.39. The van der Waals surface area contributed by atoms with Gasteiger partial charge >= 0.3 is 0 Å². The Bertz CT molecular complexity index is 1220. The van der Waals surface area contributed by atoms with E-state index in [9.17, 15) is 5.11 Å². The first-order valence-corrected chi connectivity index (χ1v) is 10.3. The van der Waals surface area contributed by atoms with Crippen LogP contribution in [-0.2, 0) is 0 Å². The minimum Gasteiger partial charge on any atom is -0.508 e. The van der Waals surface area contributed by atoms with Crippen LogP contribution in [0.2, 0.25) is 15.1 Å². The number of imidazole rings is 1. The number of H-pyrrole nitrogens is 1. The Morgan fingerprint density at radius 3 is 2.48 bits per heavy atom. The average Bonchev–Trinajstić information content (AvgIpc) is 3.17. The number of hydrogen-bond donors (Lipinski definition) is 4. The van der Waals surface area contributed by atoms with Gasteiger partial charge in [0.25, 0.3) is 0 Å². The molecular formula is C21H16Cl3N5O2. The lowest BCUT2D eigenvalue weighted by atomic mass is 10.1. The second-order valence-corrected chi connectivity index (χ2v) is 7.77. The van der Waals surface area contributed by atoms with Crippen molar-refractivity contribution in [2.75, 3.05) is 18.5 Å². The summed E-state index contributed by atoms with van der Waals surface area (Å²) >= 11 is 18.9. The molecule has 7 nitrogen and oxygen atoms in total. The molecule has 10 heteroatoms. The predicted octanol–water partition coefficient (Wildman–Crippen LogP) is 5.27. The lowest BCUT2D eigenvalue weighted by Gasteiger charge is -2.06. The minimum absolute atomic E-state index is 0.0454. The highest BCUT2D eigenvalue weighted by Gasteiger charge is 2.20. The molecular weight excluding hydrogens is 461 g/mol. The van der Waals surface area contributed by atoms with Gasteiger partial charge in [0.05, 0.1) is 39.3 Å². The number of aromatic nitrogens is 4. The molecule has 0 saturated carbocycles. The molecule has 4 rings (SSSR count). The standard InChI is InChI=1S/C21H16Cl3N5O2/c22-12-3-1-2-11(8-12)18-19(16-4-5-25-21(27-16)26-6-7-30)29-20(28-18)17-14(23)9-13(31)10-15(17)24/h1-5,8-10,30-31H,6-7H2,(H,28,29)(H,25,26,27). The number of aliphatic hydroxyl groups excluding tert-OH is 1. The molecule has 0 fully saturated rings. The molecule has 158 valence electrons. The molecule has 0 unspecified atom stereocenters. The van der Waals surface area contributed by atoms with Crippen LogP contribution in [0.5, 0.6) is 5.75 Å². The Kier molecular flexibility index (Phi) is 6.29. The van der Waals surface area contributed by atoms with E-state index in [0.717, 1.165) is 5.56 Å². The van der Waals surface area contributed by atoms with Gasteiger partial charge in [-0.15, -0.1) is 0 Å². The number of benzene rings is 2. The first-order valence-electron chi connectivity index (χ1n) is 9.18. The highest BCUT2D eigenvalue weighted by Crippen LogP contribution is 2.40. The molecule has 2 aromatic carbocycles. The van der Waals surface area contributed by atoms with Gasteiger partial charge in [-0.2, -0.15) is 0 Å². The fourth-order valence-corrected chi connectivity index (χ4v) is 3.90. The lowest BCUT2D eigenvalue weighted by Crippen LogP contribution is -2.08. The first-order chi connectivity index (χ1) is 15.0. The summed E-state index contributed by atoms with van der Waals surface area (Å²) in [6.45, 7) is 0.269. The number of anilines is 1. The molecule has 0 amide bonds. The number of aromatic hydroxyl groups is 1. The second-order valence-electron chi connectivity index (χ2n) is 6.52. The Labute approximate surface area is 192 Å². The fraction of sp³-hybridized carbons (Fsp3) is 0.0952. The van der Waals surface area contributed by atoms with Gasteiger partial charge in [-0.1, -0.05) is 46.9 Å². The molecule has 0 radical (unpaired) electrons. The van der Waals surface area contributed by atoms with Crippen LogP contribution in [0.1, 0.15) is 0 Å². The maximum Gasteiger partial charge on any atom is 0.223 e. The SMILES string of the molecule is OCCNc1nccc(-c2[nH]c(-c3c(Cl)cc(O)cc3Cl)nc2-c2cccc(Cl)c2)n1. The maximum atomic E-state index is 9.76. The number of hydrogen-bond acceptors (Lipinski definition) is 6. The molecule has 0 aliphatic rings. The van der Waals surface area contributed by atoms with Crippen LogP contribution in [0.15, 0.2) is 48.7 Å². The number of nitrogens with zero attached hydrogens (tertiary/aromatic N) is 3. The van der Waals surface area contributed by atoms with Crippen LogP contribution in [0.4, 0.5) is 5.95 Å². The smallest absolute Gasteiger partial charge is 0.223 e. The predicted molar refractivity (Wildman–Crippen MR) is 123 cm³/mol. The van der Waals surface area contributed by atoms with Gasteiger partial charge in [0, 0.05) is 23.3 Å². The zero-order chi connectivity index (χ0) is 22.0. The van der Waals surface area contributed by atoms with Crippen LogP contribution in [0.3, 0.4) is 0 Å². The van der Waals surface area contributed by atoms with E-state index in [1.54, 1.807) is 24.4 Å². The van der Waals surface area contributed by atoms with Gasteiger partial charge in [-0.25, -0.2) is 15.0 Å². The monoisotopic (exact) mass is 475 g/mol. The molecule has 4 N–H and O–H groups in total. The van der Waals surface area contributed by atoms with Crippen LogP contribution in [0.25, 0.3) is 34.0 Å². The van der Waals surface area contributed by atoms with Gasteiger partial charge in [0.1, 0.15) is 11.6 Å². The van der Waals surface area contributed by atoms with Crippen molar-refractivity contribution in [3.05, 3.63) is 63.7 Å². The van der Waals surface area contributed by atoms with Crippen LogP contribution in [-0.4, -0.2) is 43.3 Å². The summed E-state index contributed by atoms with van der Waals surface area (Å²) in [7, 11) is 0. The summed E-state index contributed by atoms with van der Waals surface area (Å²) < 4.78 is 0. The van der Waals surface area contributed by atoms with Crippen molar-refractivity contribution in [1.29, 1.82) is 0 Å². The summed E-state index contributed by atoms with van der Waals surface area (Å²) in [5.41, 5.74) is 2.97. The highest BCUT2D eigenvalue weighted by atomic mass is 35.5. The number of nitrogens with one attached hydrogen (secondary N) is 2. The molecule has 2 aromatic heterocycles. The normalized spacial score (nSPS) is 11.0. The molecule has 0 saturated heterocycles. The van der Waals surface area contributed by atoms with Gasteiger partial charge in [0.15, 0.2) is 0 Å². The zero-order valence-corrected chi connectivity index (χ0v) is 18.2. The van der Waals surface area contributed by atoms with E-state index < -0.39 is 0 Å². The summed E-state index contributed by atoms with van der Waals surface area (Å²) in [4.78, 5) is 16.6. The molecule has 0 bridgehead atoms. The Morgan fingerprint density at radius 2 is 1.77 bits per heavy atom. The topological polar surface area (TPSA) is 107 Å². The van der Waals surface area contributed by atoms with Crippen molar-refractivity contribution in [2.24, 2.45) is 0 Å². The third kappa shape index (κ3) is 4.60. The average molecular weight is 477 g/mol. The Hall–Kier alpha value is -2.84. The van der Waals surface area contributed by atoms with Crippen molar-refractivity contribution >= 4 is 40.8 Å². The van der Waals surface area contributed by atoms with Crippen LogP contribution in [0, 0.1) is 0 Å². The van der Waals surface area contributed by atoms with E-state index in [1.165, 1.54) is 12.1 Å². The lowest BCUT2D eigenvalue weighted by molar-refractivity contribution is 0.311. The summed E-state index contributed by atoms with van der Waals surface area (Å²) in [5.74, 6) is 0.722. The maximum absolute atomic E-state index is 9.76. The first kappa shape index (κ1) is 21.4. The number of phenolic OH excluding ortho intramolecular Hbond substituents is 1. The molecule has 0 aliphatic carbocycles. The second kappa shape index (κ2) is 9.11. The Morgan fingerprint density at radius 1 is 1.00 bits per heavy atom. The van der Waals surface area contributed by atoms with Crippen molar-refractivity contribution in [2.45, 2.75) is 0 Å². The van der Waals surface area contributed by atoms with Gasteiger partial charge in [0.2, 0.25) is 5.95 Å². The van der Waals surface area contributed by atoms with E-state index in [2.05, 4.69) is 20.3 Å². The van der Waals surface area contributed by atoms with Crippen molar-refractivity contribution in [1.82, 2.24) is 19.9 Å². The van der Waals surface area contributed by atoms with Crippen LogP contribution < -0.4 is 5.32 Å². The number of rotatable bonds is 6. The van der Waals surface area contributed by atoms with Crippen molar-refractivity contribution in [3.63, 3.8) is 0 Å². The molecule has 2 heterocycles. The number of aromatic amines is 1. The summed E-state index contributed by atoms with van der Waals surface area (Å²) in [6, 6.07) is 11.8. The van der Waals surface area contributed by atoms with E-state index in [4.69, 9.17) is 44.9 Å². The largest absolute Gasteiger partial charge is 0.508 e. The van der Waals surface area contributed by atoms with Crippen molar-refractivity contribution in [3.8, 4) is 39.8 Å². The van der Waals surface area contributed by atoms with Crippen LogP contribution >= 0.6 is 34.8 Å². The quantitative estimate of drug-likeness (QED) is 0.302. The molecule has 0 spiro atoms. The molecule has 4 aromatic rings. The Balaban J connectivity index is 1.90.